The van der Waals surface area contributed by atoms with Gasteiger partial charge in [0.2, 0.25) is 5.91 Å². The van der Waals surface area contributed by atoms with Crippen LogP contribution in [-0.4, -0.2) is 42.0 Å². The van der Waals surface area contributed by atoms with Crippen LogP contribution in [-0.2, 0) is 4.79 Å². The van der Waals surface area contributed by atoms with Crippen molar-refractivity contribution in [2.45, 2.75) is 57.0 Å². The monoisotopic (exact) mass is 394 g/mol. The Morgan fingerprint density at radius 2 is 1.85 bits per heavy atom. The molecule has 27 heavy (non-hydrogen) atoms. The number of piperidine rings is 1. The number of nitrogens with one attached hydrogen (secondary N) is 2. The first-order chi connectivity index (χ1) is 12.6. The van der Waals surface area contributed by atoms with Crippen LogP contribution in [0.15, 0.2) is 30.3 Å². The Morgan fingerprint density at radius 3 is 2.59 bits per heavy atom. The van der Waals surface area contributed by atoms with Gasteiger partial charge in [0.05, 0.1) is 0 Å². The predicted molar refractivity (Wildman–Crippen MR) is 110 cm³/mol. The number of halogens is 1. The summed E-state index contributed by atoms with van der Waals surface area (Å²) in [7, 11) is 0. The minimum absolute atomic E-state index is 0. The molecule has 0 aromatic heterocycles. The van der Waals surface area contributed by atoms with Crippen molar-refractivity contribution in [2.75, 3.05) is 18.4 Å². The van der Waals surface area contributed by atoms with Gasteiger partial charge in [0, 0.05) is 36.8 Å². The van der Waals surface area contributed by atoms with Crippen molar-refractivity contribution in [1.29, 1.82) is 0 Å². The zero-order valence-corrected chi connectivity index (χ0v) is 16.5. The second-order valence-electron chi connectivity index (χ2n) is 7.51. The van der Waals surface area contributed by atoms with Gasteiger partial charge in [-0.05, 0) is 50.7 Å². The van der Waals surface area contributed by atoms with E-state index in [-0.39, 0.29) is 42.3 Å². The third-order valence-electron chi connectivity index (χ3n) is 5.50. The number of carbonyl (C=O) groups excluding carboxylic acids is 2. The van der Waals surface area contributed by atoms with Crippen molar-refractivity contribution < 1.29 is 9.59 Å². The van der Waals surface area contributed by atoms with Crippen LogP contribution in [0, 0.1) is 5.92 Å². The summed E-state index contributed by atoms with van der Waals surface area (Å²) in [4.78, 5) is 27.1. The number of amides is 3. The summed E-state index contributed by atoms with van der Waals surface area (Å²) >= 11 is 0. The van der Waals surface area contributed by atoms with Crippen LogP contribution in [0.4, 0.5) is 10.5 Å². The van der Waals surface area contributed by atoms with Crippen LogP contribution in [0.3, 0.4) is 0 Å². The van der Waals surface area contributed by atoms with E-state index in [0.717, 1.165) is 57.2 Å². The number of likely N-dealkylation sites (tertiary alicyclic amines) is 1. The van der Waals surface area contributed by atoms with E-state index in [1.165, 1.54) is 0 Å². The summed E-state index contributed by atoms with van der Waals surface area (Å²) in [5.41, 5.74) is 6.82. The maximum atomic E-state index is 13.0. The molecular formula is C20H31ClN4O2. The number of hydrogen-bond donors (Lipinski definition) is 3. The number of urea groups is 1. The third-order valence-corrected chi connectivity index (χ3v) is 5.50. The van der Waals surface area contributed by atoms with Gasteiger partial charge in [-0.15, -0.1) is 12.4 Å². The molecule has 0 radical (unpaired) electrons. The standard InChI is InChI=1S/C20H30N4O2.ClH/c21-16-8-6-7-15(13-16)19(25)24-12-5-4-11-18(24)14-22-20(26)23-17-9-2-1-3-10-17;/h1-3,9-10,15-16,18H,4-8,11-14,21H2,(H2,22,23,26);1H. The van der Waals surface area contributed by atoms with E-state index in [9.17, 15) is 9.59 Å². The van der Waals surface area contributed by atoms with E-state index in [0.29, 0.717) is 6.54 Å². The Balaban J connectivity index is 0.00000261. The van der Waals surface area contributed by atoms with Crippen LogP contribution in [0.5, 0.6) is 0 Å². The Bertz CT molecular complexity index is 613. The second-order valence-corrected chi connectivity index (χ2v) is 7.51. The van der Waals surface area contributed by atoms with Gasteiger partial charge in [-0.3, -0.25) is 4.79 Å². The van der Waals surface area contributed by atoms with Gasteiger partial charge in [0.25, 0.3) is 0 Å². The van der Waals surface area contributed by atoms with Crippen molar-refractivity contribution in [3.8, 4) is 0 Å². The van der Waals surface area contributed by atoms with Gasteiger partial charge in [0.15, 0.2) is 0 Å². The van der Waals surface area contributed by atoms with Crippen LogP contribution in [0.25, 0.3) is 0 Å². The van der Waals surface area contributed by atoms with Crippen LogP contribution < -0.4 is 16.4 Å². The van der Waals surface area contributed by atoms with E-state index < -0.39 is 0 Å². The van der Waals surface area contributed by atoms with Crippen LogP contribution in [0.2, 0.25) is 0 Å². The Hall–Kier alpha value is -1.79. The molecule has 7 heteroatoms. The summed E-state index contributed by atoms with van der Waals surface area (Å²) in [6, 6.07) is 9.37. The lowest BCUT2D eigenvalue weighted by Gasteiger charge is -2.39. The molecule has 3 amide bonds. The molecule has 1 heterocycles. The maximum Gasteiger partial charge on any atom is 0.319 e. The third kappa shape index (κ3) is 6.11. The molecule has 4 N–H and O–H groups in total. The van der Waals surface area contributed by atoms with Crippen molar-refractivity contribution in [3.63, 3.8) is 0 Å². The average molecular weight is 395 g/mol. The van der Waals surface area contributed by atoms with Crippen molar-refractivity contribution in [3.05, 3.63) is 30.3 Å². The Kier molecular flexibility index (Phi) is 8.38. The first-order valence-electron chi connectivity index (χ1n) is 9.79. The van der Waals surface area contributed by atoms with Gasteiger partial charge >= 0.3 is 6.03 Å². The van der Waals surface area contributed by atoms with Crippen LogP contribution in [0.1, 0.15) is 44.9 Å². The smallest absolute Gasteiger partial charge is 0.319 e. The topological polar surface area (TPSA) is 87.5 Å². The number of nitrogens with two attached hydrogens (primary N) is 1. The number of para-hydroxylation sites is 1. The SMILES string of the molecule is Cl.NC1CCCC(C(=O)N2CCCCC2CNC(=O)Nc2ccccc2)C1. The zero-order valence-electron chi connectivity index (χ0n) is 15.7. The highest BCUT2D eigenvalue weighted by Crippen LogP contribution is 2.28. The fraction of sp³-hybridized carbons (Fsp3) is 0.600. The quantitative estimate of drug-likeness (QED) is 0.733. The maximum absolute atomic E-state index is 13.0. The largest absolute Gasteiger partial charge is 0.338 e. The summed E-state index contributed by atoms with van der Waals surface area (Å²) in [6.45, 7) is 1.28. The molecule has 1 saturated heterocycles. The lowest BCUT2D eigenvalue weighted by Crippen LogP contribution is -2.52. The lowest BCUT2D eigenvalue weighted by molar-refractivity contribution is -0.140. The molecule has 2 aliphatic rings. The van der Waals surface area contributed by atoms with E-state index in [2.05, 4.69) is 10.6 Å². The molecule has 1 aromatic rings. The van der Waals surface area contributed by atoms with Crippen molar-refractivity contribution in [2.24, 2.45) is 11.7 Å². The summed E-state index contributed by atoms with van der Waals surface area (Å²) in [6.07, 6.45) is 6.87. The number of anilines is 1. The van der Waals surface area contributed by atoms with E-state index in [1.807, 2.05) is 35.2 Å². The normalized spacial score (nSPS) is 25.2. The van der Waals surface area contributed by atoms with Gasteiger partial charge in [-0.1, -0.05) is 24.6 Å². The van der Waals surface area contributed by atoms with E-state index in [1.54, 1.807) is 0 Å². The molecule has 2 fully saturated rings. The Morgan fingerprint density at radius 1 is 1.07 bits per heavy atom. The summed E-state index contributed by atoms with van der Waals surface area (Å²) < 4.78 is 0. The molecule has 150 valence electrons. The van der Waals surface area contributed by atoms with Gasteiger partial charge in [-0.25, -0.2) is 4.79 Å². The highest BCUT2D eigenvalue weighted by atomic mass is 35.5. The van der Waals surface area contributed by atoms with Gasteiger partial charge < -0.3 is 21.3 Å². The molecule has 0 spiro atoms. The first kappa shape index (κ1) is 21.5. The Labute approximate surface area is 167 Å². The minimum Gasteiger partial charge on any atom is -0.338 e. The highest BCUT2D eigenvalue weighted by molar-refractivity contribution is 5.89. The second kappa shape index (κ2) is 10.5. The molecule has 1 aliphatic heterocycles. The van der Waals surface area contributed by atoms with Crippen LogP contribution >= 0.6 is 12.4 Å². The molecule has 3 rings (SSSR count). The molecule has 3 atom stereocenters. The van der Waals surface area contributed by atoms with Crippen molar-refractivity contribution >= 4 is 30.0 Å². The zero-order chi connectivity index (χ0) is 18.4. The molecule has 1 aromatic carbocycles. The summed E-state index contributed by atoms with van der Waals surface area (Å²) in [5, 5.41) is 5.75. The molecule has 1 saturated carbocycles. The lowest BCUT2D eigenvalue weighted by atomic mass is 9.84. The molecular weight excluding hydrogens is 364 g/mol. The van der Waals surface area contributed by atoms with Gasteiger partial charge in [0.1, 0.15) is 0 Å². The van der Waals surface area contributed by atoms with E-state index >= 15 is 0 Å². The number of nitrogens with zero attached hydrogens (tertiary/aromatic N) is 1. The van der Waals surface area contributed by atoms with Crippen molar-refractivity contribution in [1.82, 2.24) is 10.2 Å². The molecule has 0 bridgehead atoms. The number of benzene rings is 1. The number of hydrogen-bond acceptors (Lipinski definition) is 3. The first-order valence-corrected chi connectivity index (χ1v) is 9.79. The summed E-state index contributed by atoms with van der Waals surface area (Å²) in [5.74, 6) is 0.285. The number of carbonyl (C=O) groups is 2. The van der Waals surface area contributed by atoms with Gasteiger partial charge in [-0.2, -0.15) is 0 Å². The molecule has 3 unspecified atom stereocenters. The fourth-order valence-corrected chi connectivity index (χ4v) is 4.10. The molecule has 6 nitrogen and oxygen atoms in total. The average Bonchev–Trinajstić information content (AvgIpc) is 2.67. The minimum atomic E-state index is -0.228. The highest BCUT2D eigenvalue weighted by Gasteiger charge is 2.33. The fourth-order valence-electron chi connectivity index (χ4n) is 4.10. The molecule has 1 aliphatic carbocycles. The number of rotatable bonds is 4. The predicted octanol–water partition coefficient (Wildman–Crippen LogP) is 3.13. The van der Waals surface area contributed by atoms with E-state index in [4.69, 9.17) is 5.73 Å².